The Balaban J connectivity index is 1.64. The number of phenolic OH excluding ortho intramolecular Hbond substituents is 1. The van der Waals surface area contributed by atoms with E-state index >= 15 is 0 Å². The SMILES string of the molecule is CCOC(=O)N1CCc2c(sc3c2C(=O)N[C@@H](c2cc(Cl)cc(Br)c2O)N3)C1. The summed E-state index contributed by atoms with van der Waals surface area (Å²) in [4.78, 5) is 27.5. The van der Waals surface area contributed by atoms with Crippen molar-refractivity contribution >= 4 is 55.9 Å². The Morgan fingerprint density at radius 1 is 1.46 bits per heavy atom. The first kappa shape index (κ1) is 19.4. The van der Waals surface area contributed by atoms with Gasteiger partial charge < -0.3 is 25.4 Å². The van der Waals surface area contributed by atoms with Crippen molar-refractivity contribution in [3.05, 3.63) is 43.2 Å². The number of nitrogens with zero attached hydrogens (tertiary/aromatic N) is 1. The number of thiophene rings is 1. The molecule has 3 N–H and O–H groups in total. The molecule has 0 unspecified atom stereocenters. The zero-order chi connectivity index (χ0) is 20.0. The first-order chi connectivity index (χ1) is 13.4. The van der Waals surface area contributed by atoms with Crippen molar-refractivity contribution in [2.24, 2.45) is 0 Å². The fraction of sp³-hybridized carbons (Fsp3) is 0.333. The summed E-state index contributed by atoms with van der Waals surface area (Å²) in [6.07, 6.45) is -0.368. The highest BCUT2D eigenvalue weighted by molar-refractivity contribution is 9.10. The van der Waals surface area contributed by atoms with Gasteiger partial charge in [-0.25, -0.2) is 4.79 Å². The number of anilines is 1. The molecule has 2 amide bonds. The van der Waals surface area contributed by atoms with Gasteiger partial charge in [0.05, 0.1) is 23.2 Å². The van der Waals surface area contributed by atoms with Gasteiger partial charge in [0, 0.05) is 22.0 Å². The Hall–Kier alpha value is -1.97. The predicted octanol–water partition coefficient (Wildman–Crippen LogP) is 4.24. The van der Waals surface area contributed by atoms with Gasteiger partial charge in [-0.1, -0.05) is 11.6 Å². The van der Waals surface area contributed by atoms with Gasteiger partial charge in [-0.3, -0.25) is 4.79 Å². The number of benzene rings is 1. The summed E-state index contributed by atoms with van der Waals surface area (Å²) in [6.45, 7) is 3.02. The number of aromatic hydroxyl groups is 1. The Morgan fingerprint density at radius 3 is 3.00 bits per heavy atom. The fourth-order valence-corrected chi connectivity index (χ4v) is 5.57. The summed E-state index contributed by atoms with van der Waals surface area (Å²) < 4.78 is 5.53. The van der Waals surface area contributed by atoms with Crippen LogP contribution in [0.3, 0.4) is 0 Å². The Labute approximate surface area is 178 Å². The third-order valence-electron chi connectivity index (χ3n) is 4.73. The summed E-state index contributed by atoms with van der Waals surface area (Å²) >= 11 is 10.8. The number of hydrogen-bond acceptors (Lipinski definition) is 6. The minimum atomic E-state index is -0.615. The minimum Gasteiger partial charge on any atom is -0.506 e. The molecule has 0 radical (unpaired) electrons. The second kappa shape index (κ2) is 7.46. The van der Waals surface area contributed by atoms with Crippen LogP contribution in [0.4, 0.5) is 9.80 Å². The summed E-state index contributed by atoms with van der Waals surface area (Å²) in [5, 5.41) is 17.7. The van der Waals surface area contributed by atoms with Crippen molar-refractivity contribution in [2.75, 3.05) is 18.5 Å². The molecular weight excluding hydrogens is 470 g/mol. The van der Waals surface area contributed by atoms with Crippen LogP contribution < -0.4 is 10.6 Å². The molecule has 1 atom stereocenters. The second-order valence-corrected chi connectivity index (χ2v) is 8.85. The van der Waals surface area contributed by atoms with Crippen molar-refractivity contribution in [3.63, 3.8) is 0 Å². The zero-order valence-corrected chi connectivity index (χ0v) is 18.0. The van der Waals surface area contributed by atoms with E-state index < -0.39 is 6.17 Å². The molecule has 0 saturated heterocycles. The van der Waals surface area contributed by atoms with Crippen LogP contribution in [0.1, 0.15) is 39.5 Å². The van der Waals surface area contributed by atoms with Crippen LogP contribution >= 0.6 is 38.9 Å². The summed E-state index contributed by atoms with van der Waals surface area (Å²) in [5.41, 5.74) is 2.04. The third kappa shape index (κ3) is 3.31. The first-order valence-electron chi connectivity index (χ1n) is 8.70. The number of phenols is 1. The molecule has 0 fully saturated rings. The normalized spacial score (nSPS) is 18.0. The Kier molecular flexibility index (Phi) is 5.15. The van der Waals surface area contributed by atoms with Gasteiger partial charge in [0.15, 0.2) is 0 Å². The Bertz CT molecular complexity index is 980. The maximum absolute atomic E-state index is 12.8. The van der Waals surface area contributed by atoms with E-state index in [1.165, 1.54) is 11.3 Å². The highest BCUT2D eigenvalue weighted by atomic mass is 79.9. The predicted molar refractivity (Wildman–Crippen MR) is 110 cm³/mol. The molecule has 28 heavy (non-hydrogen) atoms. The number of ether oxygens (including phenoxy) is 1. The van der Waals surface area contributed by atoms with Gasteiger partial charge in [0.1, 0.15) is 16.9 Å². The molecule has 2 aromatic rings. The van der Waals surface area contributed by atoms with Crippen LogP contribution in [0.25, 0.3) is 0 Å². The lowest BCUT2D eigenvalue weighted by Gasteiger charge is -2.28. The van der Waals surface area contributed by atoms with Gasteiger partial charge in [-0.05, 0) is 47.0 Å². The van der Waals surface area contributed by atoms with Gasteiger partial charge in [-0.15, -0.1) is 11.3 Å². The first-order valence-corrected chi connectivity index (χ1v) is 10.7. The number of carbonyl (C=O) groups excluding carboxylic acids is 2. The molecule has 10 heteroatoms. The van der Waals surface area contributed by atoms with Crippen molar-refractivity contribution < 1.29 is 19.4 Å². The molecule has 0 saturated carbocycles. The number of fused-ring (bicyclic) bond motifs is 3. The van der Waals surface area contributed by atoms with E-state index in [0.29, 0.717) is 46.7 Å². The number of carbonyl (C=O) groups is 2. The van der Waals surface area contributed by atoms with E-state index in [0.717, 1.165) is 15.4 Å². The molecular formula is C18H17BrClN3O4S. The van der Waals surface area contributed by atoms with Gasteiger partial charge >= 0.3 is 6.09 Å². The van der Waals surface area contributed by atoms with E-state index in [9.17, 15) is 14.7 Å². The van der Waals surface area contributed by atoms with Crippen LogP contribution in [-0.4, -0.2) is 35.2 Å². The number of nitrogens with one attached hydrogen (secondary N) is 2. The monoisotopic (exact) mass is 485 g/mol. The molecule has 0 bridgehead atoms. The lowest BCUT2D eigenvalue weighted by Crippen LogP contribution is -2.39. The average molecular weight is 487 g/mol. The van der Waals surface area contributed by atoms with Crippen LogP contribution in [0, 0.1) is 0 Å². The van der Waals surface area contributed by atoms with Gasteiger partial charge in [0.25, 0.3) is 5.91 Å². The van der Waals surface area contributed by atoms with E-state index in [2.05, 4.69) is 26.6 Å². The second-order valence-electron chi connectivity index (χ2n) is 6.45. The lowest BCUT2D eigenvalue weighted by atomic mass is 10.0. The maximum atomic E-state index is 12.8. The largest absolute Gasteiger partial charge is 0.506 e. The Morgan fingerprint density at radius 2 is 2.25 bits per heavy atom. The topological polar surface area (TPSA) is 90.9 Å². The van der Waals surface area contributed by atoms with Gasteiger partial charge in [-0.2, -0.15) is 0 Å². The van der Waals surface area contributed by atoms with E-state index in [-0.39, 0.29) is 17.7 Å². The molecule has 2 aliphatic heterocycles. The quantitative estimate of drug-likeness (QED) is 0.591. The van der Waals surface area contributed by atoms with Crippen LogP contribution in [0.15, 0.2) is 16.6 Å². The summed E-state index contributed by atoms with van der Waals surface area (Å²) in [5.74, 6) is -0.197. The molecule has 0 aliphatic carbocycles. The summed E-state index contributed by atoms with van der Waals surface area (Å²) in [6, 6.07) is 3.20. The number of hydrogen-bond donors (Lipinski definition) is 3. The van der Waals surface area contributed by atoms with Crippen molar-refractivity contribution in [2.45, 2.75) is 26.1 Å². The van der Waals surface area contributed by atoms with Crippen molar-refractivity contribution in [3.8, 4) is 5.75 Å². The van der Waals surface area contributed by atoms with Crippen LogP contribution in [0.5, 0.6) is 5.75 Å². The fourth-order valence-electron chi connectivity index (χ4n) is 3.45. The molecule has 3 heterocycles. The molecule has 1 aromatic carbocycles. The third-order valence-corrected chi connectivity index (χ3v) is 6.70. The standard InChI is InChI=1S/C18H17BrClN3O4S/c1-2-27-18(26)23-4-3-9-12(7-23)28-17-13(9)16(25)21-15(22-17)10-5-8(20)6-11(19)14(10)24/h5-6,15,22,24H,2-4,7H2,1H3,(H,21,25)/t15-/m1/s1. The number of halogens is 2. The number of amides is 2. The maximum Gasteiger partial charge on any atom is 0.410 e. The smallest absolute Gasteiger partial charge is 0.410 e. The van der Waals surface area contributed by atoms with Crippen molar-refractivity contribution in [1.29, 1.82) is 0 Å². The van der Waals surface area contributed by atoms with Crippen LogP contribution in [0.2, 0.25) is 5.02 Å². The minimum absolute atomic E-state index is 0.0143. The molecule has 7 nitrogen and oxygen atoms in total. The van der Waals surface area contributed by atoms with Crippen LogP contribution in [-0.2, 0) is 17.7 Å². The molecule has 0 spiro atoms. The molecule has 4 rings (SSSR count). The van der Waals surface area contributed by atoms with E-state index in [1.807, 2.05) is 0 Å². The molecule has 1 aromatic heterocycles. The van der Waals surface area contributed by atoms with Crippen molar-refractivity contribution in [1.82, 2.24) is 10.2 Å². The molecule has 148 valence electrons. The van der Waals surface area contributed by atoms with E-state index in [1.54, 1.807) is 24.0 Å². The highest BCUT2D eigenvalue weighted by Crippen LogP contribution is 2.43. The number of rotatable bonds is 2. The summed E-state index contributed by atoms with van der Waals surface area (Å²) in [7, 11) is 0. The highest BCUT2D eigenvalue weighted by Gasteiger charge is 2.35. The van der Waals surface area contributed by atoms with Gasteiger partial charge in [0.2, 0.25) is 0 Å². The van der Waals surface area contributed by atoms with E-state index in [4.69, 9.17) is 16.3 Å². The molecule has 2 aliphatic rings. The average Bonchev–Trinajstić information content (AvgIpc) is 3.02. The zero-order valence-electron chi connectivity index (χ0n) is 14.8. The lowest BCUT2D eigenvalue weighted by molar-refractivity contribution is 0.0934.